The van der Waals surface area contributed by atoms with E-state index in [0.29, 0.717) is 13.0 Å². The van der Waals surface area contributed by atoms with Crippen LogP contribution in [0.3, 0.4) is 0 Å². The molecule has 0 spiro atoms. The number of nitrogens with one attached hydrogen (secondary N) is 1. The van der Waals surface area contributed by atoms with Gasteiger partial charge in [0, 0.05) is 0 Å². The molecule has 1 atom stereocenters. The summed E-state index contributed by atoms with van der Waals surface area (Å²) in [6.45, 7) is 3.61. The lowest BCUT2D eigenvalue weighted by atomic mass is 9.90. The molecule has 0 radical (unpaired) electrons. The topological polar surface area (TPSA) is 49.3 Å². The van der Waals surface area contributed by atoms with Gasteiger partial charge in [0.25, 0.3) is 0 Å². The number of hydrogen-bond donors (Lipinski definition) is 2. The number of carboxylic acid groups (broad SMARTS) is 1. The number of hydrogen-bond acceptors (Lipinski definition) is 2. The number of halogens is 3. The molecule has 0 fully saturated rings. The predicted octanol–water partition coefficient (Wildman–Crippen LogP) is 3.00. The van der Waals surface area contributed by atoms with E-state index < -0.39 is 23.2 Å². The first-order valence-corrected chi connectivity index (χ1v) is 5.88. The fraction of sp³-hybridized carbons (Fsp3) is 0.462. The van der Waals surface area contributed by atoms with Gasteiger partial charge in [0.2, 0.25) is 0 Å². The maximum atomic E-state index is 12.6. The predicted molar refractivity (Wildman–Crippen MR) is 64.7 cm³/mol. The highest BCUT2D eigenvalue weighted by Gasteiger charge is 2.37. The van der Waals surface area contributed by atoms with E-state index in [1.165, 1.54) is 19.1 Å². The molecule has 0 heterocycles. The third-order valence-electron chi connectivity index (χ3n) is 2.92. The molecule has 0 aliphatic carbocycles. The highest BCUT2D eigenvalue weighted by Crippen LogP contribution is 2.32. The summed E-state index contributed by atoms with van der Waals surface area (Å²) < 4.78 is 37.9. The van der Waals surface area contributed by atoms with Crippen molar-refractivity contribution < 1.29 is 23.1 Å². The van der Waals surface area contributed by atoms with Gasteiger partial charge >= 0.3 is 12.1 Å². The van der Waals surface area contributed by atoms with E-state index in [2.05, 4.69) is 5.32 Å². The molecule has 2 N–H and O–H groups in total. The zero-order chi connectivity index (χ0) is 14.7. The number of alkyl halides is 3. The molecule has 1 rings (SSSR count). The largest absolute Gasteiger partial charge is 0.480 e. The third-order valence-corrected chi connectivity index (χ3v) is 2.92. The molecular formula is C13H16F3NO2. The van der Waals surface area contributed by atoms with Crippen LogP contribution in [-0.2, 0) is 16.5 Å². The first-order chi connectivity index (χ1) is 8.71. The number of benzene rings is 1. The minimum atomic E-state index is -4.49. The van der Waals surface area contributed by atoms with E-state index in [-0.39, 0.29) is 5.56 Å². The Bertz CT molecular complexity index is 459. The van der Waals surface area contributed by atoms with E-state index in [4.69, 9.17) is 0 Å². The Hall–Kier alpha value is -1.56. The molecular weight excluding hydrogens is 259 g/mol. The van der Waals surface area contributed by atoms with Gasteiger partial charge in [-0.05, 0) is 37.6 Å². The summed E-state index contributed by atoms with van der Waals surface area (Å²) in [5.74, 6) is -1.21. The van der Waals surface area contributed by atoms with Crippen LogP contribution in [0.15, 0.2) is 24.3 Å². The van der Waals surface area contributed by atoms with Gasteiger partial charge in [-0.2, -0.15) is 13.2 Å². The van der Waals surface area contributed by atoms with Crippen molar-refractivity contribution in [3.8, 4) is 0 Å². The van der Waals surface area contributed by atoms with Crippen LogP contribution in [0.2, 0.25) is 0 Å². The van der Waals surface area contributed by atoms with Gasteiger partial charge in [-0.25, -0.2) is 4.79 Å². The summed E-state index contributed by atoms with van der Waals surface area (Å²) in [7, 11) is 0. The van der Waals surface area contributed by atoms with Gasteiger partial charge in [-0.15, -0.1) is 0 Å². The molecule has 106 valence electrons. The maximum absolute atomic E-state index is 12.6. The van der Waals surface area contributed by atoms with E-state index >= 15 is 0 Å². The van der Waals surface area contributed by atoms with Crippen molar-refractivity contribution in [2.45, 2.75) is 32.0 Å². The summed E-state index contributed by atoms with van der Waals surface area (Å²) >= 11 is 0. The van der Waals surface area contributed by atoms with Gasteiger partial charge in [-0.1, -0.05) is 19.1 Å². The summed E-state index contributed by atoms with van der Waals surface area (Å²) in [4.78, 5) is 11.3. The highest BCUT2D eigenvalue weighted by molar-refractivity contribution is 5.80. The van der Waals surface area contributed by atoms with Crippen LogP contribution in [0.25, 0.3) is 0 Å². The normalized spacial score (nSPS) is 15.0. The molecule has 1 unspecified atom stereocenters. The van der Waals surface area contributed by atoms with Gasteiger partial charge in [-0.3, -0.25) is 5.32 Å². The Morgan fingerprint density at radius 2 is 1.89 bits per heavy atom. The molecule has 0 amide bonds. The fourth-order valence-electron chi connectivity index (χ4n) is 1.68. The molecule has 3 nitrogen and oxygen atoms in total. The number of aliphatic carboxylic acids is 1. The van der Waals surface area contributed by atoms with Gasteiger partial charge in [0.15, 0.2) is 0 Å². The minimum Gasteiger partial charge on any atom is -0.480 e. The molecule has 0 saturated heterocycles. The van der Waals surface area contributed by atoms with Gasteiger partial charge in [0.1, 0.15) is 5.54 Å². The smallest absolute Gasteiger partial charge is 0.416 e. The van der Waals surface area contributed by atoms with Crippen LogP contribution in [0.4, 0.5) is 13.2 Å². The Labute approximate surface area is 109 Å². The van der Waals surface area contributed by atoms with Crippen LogP contribution in [-0.4, -0.2) is 17.6 Å². The lowest BCUT2D eigenvalue weighted by molar-refractivity contribution is -0.145. The van der Waals surface area contributed by atoms with Crippen molar-refractivity contribution in [1.82, 2.24) is 5.32 Å². The molecule has 0 saturated carbocycles. The molecule has 19 heavy (non-hydrogen) atoms. The third kappa shape index (κ3) is 3.47. The Kier molecular flexibility index (Phi) is 4.57. The number of carbonyl (C=O) groups is 1. The Morgan fingerprint density at radius 3 is 2.37 bits per heavy atom. The van der Waals surface area contributed by atoms with Gasteiger partial charge in [0.05, 0.1) is 5.56 Å². The molecule has 1 aromatic rings. The van der Waals surface area contributed by atoms with Crippen LogP contribution < -0.4 is 5.32 Å². The monoisotopic (exact) mass is 275 g/mol. The first kappa shape index (κ1) is 15.5. The summed E-state index contributed by atoms with van der Waals surface area (Å²) in [6.07, 6.45) is -3.80. The molecule has 6 heteroatoms. The summed E-state index contributed by atoms with van der Waals surface area (Å²) in [5.41, 5.74) is -2.30. The molecule has 0 bridgehead atoms. The van der Waals surface area contributed by atoms with Crippen molar-refractivity contribution in [2.24, 2.45) is 0 Å². The quantitative estimate of drug-likeness (QED) is 0.868. The zero-order valence-corrected chi connectivity index (χ0v) is 10.7. The van der Waals surface area contributed by atoms with Crippen molar-refractivity contribution in [3.05, 3.63) is 35.4 Å². The summed E-state index contributed by atoms with van der Waals surface area (Å²) in [6, 6.07) is 4.39. The maximum Gasteiger partial charge on any atom is 0.416 e. The van der Waals surface area contributed by atoms with Crippen LogP contribution in [0.5, 0.6) is 0 Å². The standard InChI is InChI=1S/C13H16F3NO2/c1-3-7-17-12(2,11(18)19)9-5-4-6-10(8-9)13(14,15)16/h4-6,8,17H,3,7H2,1-2H3,(H,18,19). The first-order valence-electron chi connectivity index (χ1n) is 5.88. The number of carboxylic acids is 1. The fourth-order valence-corrected chi connectivity index (χ4v) is 1.68. The lowest BCUT2D eigenvalue weighted by Gasteiger charge is -2.27. The number of rotatable bonds is 5. The van der Waals surface area contributed by atoms with Crippen LogP contribution in [0.1, 0.15) is 31.4 Å². The van der Waals surface area contributed by atoms with E-state index in [1.54, 1.807) is 0 Å². The van der Waals surface area contributed by atoms with Gasteiger partial charge < -0.3 is 5.11 Å². The second kappa shape index (κ2) is 5.61. The zero-order valence-electron chi connectivity index (χ0n) is 10.7. The average molecular weight is 275 g/mol. The van der Waals surface area contributed by atoms with E-state index in [1.807, 2.05) is 6.92 Å². The van der Waals surface area contributed by atoms with Crippen LogP contribution in [0, 0.1) is 0 Å². The second-order valence-electron chi connectivity index (χ2n) is 4.44. The van der Waals surface area contributed by atoms with Crippen molar-refractivity contribution >= 4 is 5.97 Å². The molecule has 0 aliphatic rings. The van der Waals surface area contributed by atoms with Crippen molar-refractivity contribution in [3.63, 3.8) is 0 Å². The minimum absolute atomic E-state index is 0.0864. The second-order valence-corrected chi connectivity index (χ2v) is 4.44. The van der Waals surface area contributed by atoms with E-state index in [9.17, 15) is 23.1 Å². The Balaban J connectivity index is 3.21. The lowest BCUT2D eigenvalue weighted by Crippen LogP contribution is -2.47. The Morgan fingerprint density at radius 1 is 1.32 bits per heavy atom. The average Bonchev–Trinajstić information content (AvgIpc) is 2.34. The van der Waals surface area contributed by atoms with E-state index in [0.717, 1.165) is 12.1 Å². The van der Waals surface area contributed by atoms with Crippen LogP contribution >= 0.6 is 0 Å². The van der Waals surface area contributed by atoms with Crippen molar-refractivity contribution in [1.29, 1.82) is 0 Å². The SMILES string of the molecule is CCCNC(C)(C(=O)O)c1cccc(C(F)(F)F)c1. The molecule has 1 aromatic carbocycles. The summed E-state index contributed by atoms with van der Waals surface area (Å²) in [5, 5.41) is 12.0. The molecule has 0 aliphatic heterocycles. The van der Waals surface area contributed by atoms with Crippen molar-refractivity contribution in [2.75, 3.05) is 6.54 Å². The highest BCUT2D eigenvalue weighted by atomic mass is 19.4. The molecule has 0 aromatic heterocycles.